The van der Waals surface area contributed by atoms with E-state index in [1.54, 1.807) is 23.1 Å². The summed E-state index contributed by atoms with van der Waals surface area (Å²) >= 11 is 16.0. The van der Waals surface area contributed by atoms with E-state index in [0.717, 1.165) is 25.7 Å². The SMILES string of the molecule is O=C1C(=Cc2cc(Cl)cc(Br)c2O)SC(=S)N1C1CCCCC1. The van der Waals surface area contributed by atoms with Crippen molar-refractivity contribution >= 4 is 67.8 Å². The van der Waals surface area contributed by atoms with Gasteiger partial charge in [-0.15, -0.1) is 0 Å². The molecule has 2 aliphatic rings. The summed E-state index contributed by atoms with van der Waals surface area (Å²) in [7, 11) is 0. The Labute approximate surface area is 158 Å². The molecule has 0 bridgehead atoms. The Morgan fingerprint density at radius 1 is 1.35 bits per heavy atom. The number of phenolic OH excluding ortho intramolecular Hbond substituents is 1. The summed E-state index contributed by atoms with van der Waals surface area (Å²) in [5.74, 6) is -0.000247. The molecule has 7 heteroatoms. The van der Waals surface area contributed by atoms with Crippen molar-refractivity contribution in [1.29, 1.82) is 0 Å². The molecule has 122 valence electrons. The van der Waals surface area contributed by atoms with Gasteiger partial charge in [0.25, 0.3) is 5.91 Å². The number of hydrogen-bond acceptors (Lipinski definition) is 4. The van der Waals surface area contributed by atoms with Crippen LogP contribution in [0.15, 0.2) is 21.5 Å². The molecule has 1 saturated carbocycles. The number of halogens is 2. The molecule has 1 aromatic carbocycles. The average Bonchev–Trinajstić information content (AvgIpc) is 2.79. The lowest BCUT2D eigenvalue weighted by Gasteiger charge is -2.29. The molecular weight excluding hydrogens is 418 g/mol. The lowest BCUT2D eigenvalue weighted by molar-refractivity contribution is -0.124. The number of aromatic hydroxyl groups is 1. The van der Waals surface area contributed by atoms with E-state index in [1.807, 2.05) is 0 Å². The standard InChI is InChI=1S/C16H15BrClNO2S2/c17-12-8-10(18)6-9(14(12)20)7-13-15(21)19(16(22)23-13)11-4-2-1-3-5-11/h6-8,11,20H,1-5H2. The number of thioether (sulfide) groups is 1. The van der Waals surface area contributed by atoms with E-state index in [2.05, 4.69) is 15.9 Å². The van der Waals surface area contributed by atoms with Crippen LogP contribution in [-0.2, 0) is 4.79 Å². The van der Waals surface area contributed by atoms with Crippen LogP contribution < -0.4 is 0 Å². The van der Waals surface area contributed by atoms with E-state index in [1.165, 1.54) is 18.2 Å². The number of phenols is 1. The number of hydrogen-bond donors (Lipinski definition) is 1. The topological polar surface area (TPSA) is 40.5 Å². The lowest BCUT2D eigenvalue weighted by Crippen LogP contribution is -2.39. The number of thiocarbonyl (C=S) groups is 1. The summed E-state index contributed by atoms with van der Waals surface area (Å²) in [6.07, 6.45) is 7.19. The predicted molar refractivity (Wildman–Crippen MR) is 103 cm³/mol. The molecule has 3 nitrogen and oxygen atoms in total. The molecule has 1 saturated heterocycles. The quantitative estimate of drug-likeness (QED) is 0.506. The zero-order chi connectivity index (χ0) is 16.6. The van der Waals surface area contributed by atoms with Gasteiger partial charge in [-0.25, -0.2) is 0 Å². The van der Waals surface area contributed by atoms with Crippen molar-refractivity contribution in [3.63, 3.8) is 0 Å². The van der Waals surface area contributed by atoms with Crippen molar-refractivity contribution in [2.75, 3.05) is 0 Å². The molecule has 23 heavy (non-hydrogen) atoms. The molecular formula is C16H15BrClNO2S2. The molecule has 1 aliphatic heterocycles. The molecule has 0 aromatic heterocycles. The van der Waals surface area contributed by atoms with Gasteiger partial charge in [0.2, 0.25) is 0 Å². The van der Waals surface area contributed by atoms with Gasteiger partial charge in [-0.05, 0) is 47.0 Å². The Balaban J connectivity index is 1.90. The minimum atomic E-state index is -0.0672. The van der Waals surface area contributed by atoms with E-state index < -0.39 is 0 Å². The van der Waals surface area contributed by atoms with Gasteiger partial charge in [0.15, 0.2) is 0 Å². The molecule has 0 spiro atoms. The average molecular weight is 433 g/mol. The highest BCUT2D eigenvalue weighted by Crippen LogP contribution is 2.39. The number of nitrogens with zero attached hydrogens (tertiary/aromatic N) is 1. The van der Waals surface area contributed by atoms with E-state index in [9.17, 15) is 9.90 Å². The first-order valence-electron chi connectivity index (χ1n) is 7.42. The molecule has 1 aliphatic carbocycles. The lowest BCUT2D eigenvalue weighted by atomic mass is 9.94. The van der Waals surface area contributed by atoms with Crippen LogP contribution in [0.3, 0.4) is 0 Å². The van der Waals surface area contributed by atoms with Gasteiger partial charge in [0.1, 0.15) is 10.1 Å². The highest BCUT2D eigenvalue weighted by atomic mass is 79.9. The van der Waals surface area contributed by atoms with Gasteiger partial charge >= 0.3 is 0 Å². The largest absolute Gasteiger partial charge is 0.506 e. The van der Waals surface area contributed by atoms with Gasteiger partial charge in [0.05, 0.1) is 9.38 Å². The van der Waals surface area contributed by atoms with Crippen LogP contribution in [0.5, 0.6) is 5.75 Å². The number of amides is 1. The summed E-state index contributed by atoms with van der Waals surface area (Å²) in [4.78, 5) is 15.0. The third-order valence-corrected chi connectivity index (χ3v) is 6.26. The van der Waals surface area contributed by atoms with Crippen LogP contribution in [0.2, 0.25) is 5.02 Å². The molecule has 0 atom stereocenters. The second-order valence-corrected chi connectivity index (χ2v) is 8.64. The highest BCUT2D eigenvalue weighted by molar-refractivity contribution is 9.10. The van der Waals surface area contributed by atoms with Crippen LogP contribution in [0.4, 0.5) is 0 Å². The van der Waals surface area contributed by atoms with Gasteiger partial charge < -0.3 is 5.11 Å². The third-order valence-electron chi connectivity index (χ3n) is 4.11. The molecule has 2 fully saturated rings. The molecule has 3 rings (SSSR count). The maximum Gasteiger partial charge on any atom is 0.266 e. The maximum absolute atomic E-state index is 12.7. The van der Waals surface area contributed by atoms with E-state index >= 15 is 0 Å². The van der Waals surface area contributed by atoms with Gasteiger partial charge in [-0.2, -0.15) is 0 Å². The van der Waals surface area contributed by atoms with Crippen molar-refractivity contribution in [2.24, 2.45) is 0 Å². The molecule has 1 amide bonds. The van der Waals surface area contributed by atoms with Crippen LogP contribution in [0.1, 0.15) is 37.7 Å². The number of carbonyl (C=O) groups excluding carboxylic acids is 1. The number of carbonyl (C=O) groups is 1. The predicted octanol–water partition coefficient (Wildman–Crippen LogP) is 5.34. The summed E-state index contributed by atoms with van der Waals surface area (Å²) in [5.41, 5.74) is 0.508. The normalized spacial score (nSPS) is 21.5. The van der Waals surface area contributed by atoms with Gasteiger partial charge in [-0.1, -0.05) is 54.8 Å². The summed E-state index contributed by atoms with van der Waals surface area (Å²) < 4.78 is 1.10. The third kappa shape index (κ3) is 3.60. The Bertz CT molecular complexity index is 702. The Morgan fingerprint density at radius 3 is 2.74 bits per heavy atom. The van der Waals surface area contributed by atoms with E-state index in [-0.39, 0.29) is 17.7 Å². The summed E-state index contributed by atoms with van der Waals surface area (Å²) in [6.45, 7) is 0. The minimum absolute atomic E-state index is 0.0670. The first-order valence-corrected chi connectivity index (χ1v) is 9.82. The first-order chi connectivity index (χ1) is 11.0. The smallest absolute Gasteiger partial charge is 0.266 e. The maximum atomic E-state index is 12.7. The molecule has 1 heterocycles. The fraction of sp³-hybridized carbons (Fsp3) is 0.375. The summed E-state index contributed by atoms with van der Waals surface area (Å²) in [6, 6.07) is 3.46. The fourth-order valence-corrected chi connectivity index (χ4v) is 5.20. The van der Waals surface area contributed by atoms with E-state index in [4.69, 9.17) is 23.8 Å². The van der Waals surface area contributed by atoms with Crippen LogP contribution in [0.25, 0.3) is 6.08 Å². The number of rotatable bonds is 2. The van der Waals surface area contributed by atoms with Crippen LogP contribution in [-0.4, -0.2) is 26.3 Å². The van der Waals surface area contributed by atoms with Crippen molar-refractivity contribution in [2.45, 2.75) is 38.1 Å². The van der Waals surface area contributed by atoms with Crippen LogP contribution >= 0.6 is 51.5 Å². The zero-order valence-electron chi connectivity index (χ0n) is 12.2. The molecule has 0 unspecified atom stereocenters. The number of benzene rings is 1. The Kier molecular flexibility index (Phi) is 5.35. The van der Waals surface area contributed by atoms with E-state index in [0.29, 0.717) is 24.3 Å². The van der Waals surface area contributed by atoms with Crippen molar-refractivity contribution in [3.8, 4) is 5.75 Å². The van der Waals surface area contributed by atoms with Crippen LogP contribution in [0, 0.1) is 0 Å². The molecule has 1 N–H and O–H groups in total. The first kappa shape index (κ1) is 17.3. The highest BCUT2D eigenvalue weighted by Gasteiger charge is 2.37. The van der Waals surface area contributed by atoms with Crippen molar-refractivity contribution in [1.82, 2.24) is 4.90 Å². The fourth-order valence-electron chi connectivity index (χ4n) is 2.97. The van der Waals surface area contributed by atoms with Crippen molar-refractivity contribution < 1.29 is 9.90 Å². The monoisotopic (exact) mass is 431 g/mol. The van der Waals surface area contributed by atoms with Gasteiger partial charge in [0, 0.05) is 16.6 Å². The Morgan fingerprint density at radius 2 is 2.04 bits per heavy atom. The minimum Gasteiger partial charge on any atom is -0.506 e. The second-order valence-electron chi connectivity index (χ2n) is 5.67. The van der Waals surface area contributed by atoms with Crippen molar-refractivity contribution in [3.05, 3.63) is 32.1 Å². The molecule has 1 aromatic rings. The second kappa shape index (κ2) is 7.13. The zero-order valence-corrected chi connectivity index (χ0v) is 16.2. The van der Waals surface area contributed by atoms with Gasteiger partial charge in [-0.3, -0.25) is 9.69 Å². The molecule has 0 radical (unpaired) electrons. The summed E-state index contributed by atoms with van der Waals surface area (Å²) in [5, 5.41) is 10.6. The Hall–Kier alpha value is -0.560.